The minimum Gasteiger partial charge on any atom is -0.436 e. The summed E-state index contributed by atoms with van der Waals surface area (Å²) in [6, 6.07) is 0. The number of sulfone groups is 1. The summed E-state index contributed by atoms with van der Waals surface area (Å²) in [4.78, 5) is 2.88. The molecule has 0 fully saturated rings. The van der Waals surface area contributed by atoms with Crippen molar-refractivity contribution in [3.63, 3.8) is 0 Å². The molecule has 12 heavy (non-hydrogen) atoms. The first-order chi connectivity index (χ1) is 5.36. The Balaban J connectivity index is 3.22. The molecular formula is C4H2F3NO3S. The van der Waals surface area contributed by atoms with Gasteiger partial charge >= 0.3 is 20.6 Å². The van der Waals surface area contributed by atoms with Crippen molar-refractivity contribution in [2.45, 2.75) is 10.7 Å². The highest BCUT2D eigenvalue weighted by Gasteiger charge is 2.50. The Morgan fingerprint density at radius 1 is 1.42 bits per heavy atom. The van der Waals surface area contributed by atoms with E-state index in [1.165, 1.54) is 0 Å². The van der Waals surface area contributed by atoms with Gasteiger partial charge in [-0.2, -0.15) is 13.2 Å². The highest BCUT2D eigenvalue weighted by molar-refractivity contribution is 7.92. The first-order valence-electron chi connectivity index (χ1n) is 2.56. The van der Waals surface area contributed by atoms with Crippen molar-refractivity contribution in [3.8, 4) is 0 Å². The predicted octanol–water partition coefficient (Wildman–Crippen LogP) is 0.968. The molecule has 0 atom stereocenters. The van der Waals surface area contributed by atoms with Crippen LogP contribution in [-0.4, -0.2) is 18.9 Å². The quantitative estimate of drug-likeness (QED) is 0.679. The lowest BCUT2D eigenvalue weighted by Gasteiger charge is -2.02. The zero-order chi connectivity index (χ0) is 9.41. The monoisotopic (exact) mass is 201 g/mol. The number of aromatic nitrogens is 1. The minimum absolute atomic E-state index is 0.749. The van der Waals surface area contributed by atoms with E-state index in [0.29, 0.717) is 0 Å². The van der Waals surface area contributed by atoms with Crippen LogP contribution in [0, 0.1) is 0 Å². The molecule has 0 aliphatic heterocycles. The standard InChI is InChI=1S/C4H2F3NO3S/c5-4(6,7)12(9,10)3-8-1-2-11-3/h1-2H. The highest BCUT2D eigenvalue weighted by atomic mass is 32.2. The van der Waals surface area contributed by atoms with Crippen molar-refractivity contribution < 1.29 is 26.0 Å². The van der Waals surface area contributed by atoms with Crippen LogP contribution in [0.1, 0.15) is 0 Å². The summed E-state index contributed by atoms with van der Waals surface area (Å²) >= 11 is 0. The summed E-state index contributed by atoms with van der Waals surface area (Å²) in [5.74, 6) is 0. The van der Waals surface area contributed by atoms with Crippen LogP contribution in [0.25, 0.3) is 0 Å². The zero-order valence-corrected chi connectivity index (χ0v) is 6.19. The lowest BCUT2D eigenvalue weighted by Crippen LogP contribution is -2.23. The van der Waals surface area contributed by atoms with E-state index in [-0.39, 0.29) is 0 Å². The lowest BCUT2D eigenvalue weighted by atomic mass is 11.0. The van der Waals surface area contributed by atoms with E-state index in [1.807, 2.05) is 0 Å². The van der Waals surface area contributed by atoms with Crippen molar-refractivity contribution in [3.05, 3.63) is 12.5 Å². The van der Waals surface area contributed by atoms with Crippen molar-refractivity contribution >= 4 is 9.84 Å². The van der Waals surface area contributed by atoms with Crippen molar-refractivity contribution in [2.24, 2.45) is 0 Å². The van der Waals surface area contributed by atoms with Crippen molar-refractivity contribution in [2.75, 3.05) is 0 Å². The third-order valence-corrected chi connectivity index (χ3v) is 2.22. The Labute approximate surface area is 64.9 Å². The van der Waals surface area contributed by atoms with Crippen LogP contribution in [0.5, 0.6) is 0 Å². The van der Waals surface area contributed by atoms with E-state index in [9.17, 15) is 21.6 Å². The van der Waals surface area contributed by atoms with Gasteiger partial charge in [-0.15, -0.1) is 0 Å². The van der Waals surface area contributed by atoms with Crippen LogP contribution in [0.2, 0.25) is 0 Å². The second-order valence-electron chi connectivity index (χ2n) is 1.75. The maximum atomic E-state index is 11.7. The molecule has 4 nitrogen and oxygen atoms in total. The van der Waals surface area contributed by atoms with Gasteiger partial charge in [-0.05, 0) is 0 Å². The summed E-state index contributed by atoms with van der Waals surface area (Å²) in [6.45, 7) is 0. The number of hydrogen-bond acceptors (Lipinski definition) is 4. The van der Waals surface area contributed by atoms with Gasteiger partial charge in [-0.1, -0.05) is 0 Å². The average Bonchev–Trinajstić information content (AvgIpc) is 2.34. The Hall–Kier alpha value is -1.05. The Kier molecular flexibility index (Phi) is 1.86. The fraction of sp³-hybridized carbons (Fsp3) is 0.250. The molecule has 1 rings (SSSR count). The van der Waals surface area contributed by atoms with E-state index >= 15 is 0 Å². The fourth-order valence-electron chi connectivity index (χ4n) is 0.442. The minimum atomic E-state index is -5.41. The van der Waals surface area contributed by atoms with E-state index < -0.39 is 20.6 Å². The smallest absolute Gasteiger partial charge is 0.436 e. The average molecular weight is 201 g/mol. The van der Waals surface area contributed by atoms with Crippen molar-refractivity contribution in [1.82, 2.24) is 4.98 Å². The second-order valence-corrected chi connectivity index (χ2v) is 3.57. The van der Waals surface area contributed by atoms with Gasteiger partial charge in [0.15, 0.2) is 0 Å². The normalized spacial score (nSPS) is 13.2. The van der Waals surface area contributed by atoms with E-state index in [1.54, 1.807) is 0 Å². The van der Waals surface area contributed by atoms with Gasteiger partial charge in [-0.25, -0.2) is 13.4 Å². The Morgan fingerprint density at radius 2 is 2.00 bits per heavy atom. The van der Waals surface area contributed by atoms with Gasteiger partial charge in [0.1, 0.15) is 6.26 Å². The van der Waals surface area contributed by atoms with Crippen LogP contribution < -0.4 is 0 Å². The first-order valence-corrected chi connectivity index (χ1v) is 4.05. The summed E-state index contributed by atoms with van der Waals surface area (Å²) in [5, 5.41) is -1.34. The number of rotatable bonds is 1. The van der Waals surface area contributed by atoms with E-state index in [2.05, 4.69) is 9.40 Å². The Bertz CT molecular complexity index is 351. The number of nitrogens with zero attached hydrogens (tertiary/aromatic N) is 1. The SMILES string of the molecule is O=S(=O)(c1ncco1)C(F)(F)F. The van der Waals surface area contributed by atoms with Gasteiger partial charge in [0.2, 0.25) is 0 Å². The Morgan fingerprint density at radius 3 is 2.33 bits per heavy atom. The van der Waals surface area contributed by atoms with Gasteiger partial charge < -0.3 is 4.42 Å². The number of halogens is 3. The molecule has 0 unspecified atom stereocenters. The number of hydrogen-bond donors (Lipinski definition) is 0. The molecule has 0 aliphatic rings. The largest absolute Gasteiger partial charge is 0.506 e. The fourth-order valence-corrected chi connectivity index (χ4v) is 1.02. The zero-order valence-electron chi connectivity index (χ0n) is 5.37. The third-order valence-electron chi connectivity index (χ3n) is 0.944. The molecule has 0 aromatic carbocycles. The third kappa shape index (κ3) is 1.29. The molecule has 0 N–H and O–H groups in total. The molecule has 1 heterocycles. The molecule has 0 spiro atoms. The molecule has 0 saturated heterocycles. The number of alkyl halides is 3. The topological polar surface area (TPSA) is 60.2 Å². The maximum absolute atomic E-state index is 11.7. The maximum Gasteiger partial charge on any atom is 0.506 e. The molecule has 0 amide bonds. The molecule has 0 radical (unpaired) electrons. The highest BCUT2D eigenvalue weighted by Crippen LogP contribution is 2.28. The van der Waals surface area contributed by atoms with Gasteiger partial charge in [0.25, 0.3) is 0 Å². The van der Waals surface area contributed by atoms with Crippen LogP contribution in [-0.2, 0) is 9.84 Å². The molecule has 0 saturated carbocycles. The van der Waals surface area contributed by atoms with Crippen molar-refractivity contribution in [1.29, 1.82) is 0 Å². The van der Waals surface area contributed by atoms with Crippen LogP contribution >= 0.6 is 0 Å². The van der Waals surface area contributed by atoms with E-state index in [4.69, 9.17) is 0 Å². The van der Waals surface area contributed by atoms with Crippen LogP contribution in [0.4, 0.5) is 13.2 Å². The molecule has 68 valence electrons. The molecule has 1 aromatic heterocycles. The van der Waals surface area contributed by atoms with Gasteiger partial charge in [-0.3, -0.25) is 0 Å². The van der Waals surface area contributed by atoms with E-state index in [0.717, 1.165) is 12.5 Å². The number of oxazole rings is 1. The lowest BCUT2D eigenvalue weighted by molar-refractivity contribution is -0.0449. The molecule has 0 aliphatic carbocycles. The predicted molar refractivity (Wildman–Crippen MR) is 29.7 cm³/mol. The summed E-state index contributed by atoms with van der Waals surface area (Å²) in [6.07, 6.45) is 1.57. The van der Waals surface area contributed by atoms with Crippen LogP contribution in [0.3, 0.4) is 0 Å². The van der Waals surface area contributed by atoms with Crippen LogP contribution in [0.15, 0.2) is 22.1 Å². The summed E-state index contributed by atoms with van der Waals surface area (Å²) in [5.41, 5.74) is -5.36. The molecule has 8 heteroatoms. The molecule has 1 aromatic rings. The summed E-state index contributed by atoms with van der Waals surface area (Å²) < 4.78 is 60.0. The second kappa shape index (κ2) is 2.47. The molecule has 0 bridgehead atoms. The molecular weight excluding hydrogens is 199 g/mol. The summed E-state index contributed by atoms with van der Waals surface area (Å²) in [7, 11) is -5.41. The first kappa shape index (κ1) is 9.04. The van der Waals surface area contributed by atoms with Gasteiger partial charge in [0.05, 0.1) is 6.20 Å². The van der Waals surface area contributed by atoms with Gasteiger partial charge in [0, 0.05) is 0 Å².